The van der Waals surface area contributed by atoms with Crippen LogP contribution in [0.1, 0.15) is 24.1 Å². The first-order valence-corrected chi connectivity index (χ1v) is 11.9. The van der Waals surface area contributed by atoms with Crippen molar-refractivity contribution in [3.8, 4) is 11.5 Å². The highest BCUT2D eigenvalue weighted by Gasteiger charge is 2.19. The third-order valence-electron chi connectivity index (χ3n) is 6.14. The van der Waals surface area contributed by atoms with Crippen LogP contribution in [0.4, 0.5) is 0 Å². The van der Waals surface area contributed by atoms with Gasteiger partial charge in [0.2, 0.25) is 5.91 Å². The maximum Gasteiger partial charge on any atom is 0.317 e. The molecule has 1 aliphatic rings. The van der Waals surface area contributed by atoms with Gasteiger partial charge in [0.1, 0.15) is 19.8 Å². The van der Waals surface area contributed by atoms with Crippen LogP contribution >= 0.6 is 11.6 Å². The molecule has 2 heterocycles. The minimum Gasteiger partial charge on any atom is -0.486 e. The van der Waals surface area contributed by atoms with Crippen LogP contribution in [0.15, 0.2) is 76.3 Å². The number of carbonyl (C=O) groups is 1. The van der Waals surface area contributed by atoms with E-state index >= 15 is 0 Å². The highest BCUT2D eigenvalue weighted by atomic mass is 35.5. The number of para-hydroxylation sites is 2. The van der Waals surface area contributed by atoms with E-state index in [1.54, 1.807) is 36.4 Å². The Morgan fingerprint density at radius 1 is 0.917 bits per heavy atom. The first-order chi connectivity index (χ1) is 17.4. The summed E-state index contributed by atoms with van der Waals surface area (Å²) < 4.78 is 13.8. The number of amides is 1. The molecule has 1 aliphatic heterocycles. The van der Waals surface area contributed by atoms with Crippen LogP contribution < -0.4 is 25.9 Å². The molecule has 0 fully saturated rings. The Bertz CT molecular complexity index is 1560. The van der Waals surface area contributed by atoms with Gasteiger partial charge in [0.25, 0.3) is 0 Å². The standard InChI is InChI=1S/C27H24ClN3O5/c1-17(19-8-11-23-24(14-19)36-13-12-35-23)29-25(32)16-31-22-5-3-2-4-21(22)30(26(33)27(31)34)15-18-6-9-20(28)10-7-18/h2-11,14,17H,12-13,15-16H2,1H3,(H,29,32). The monoisotopic (exact) mass is 505 g/mol. The molecular weight excluding hydrogens is 482 g/mol. The van der Waals surface area contributed by atoms with Crippen molar-refractivity contribution < 1.29 is 14.3 Å². The molecule has 0 aliphatic carbocycles. The van der Waals surface area contributed by atoms with Crippen LogP contribution in [0.25, 0.3) is 11.0 Å². The molecule has 1 N–H and O–H groups in total. The zero-order valence-corrected chi connectivity index (χ0v) is 20.3. The lowest BCUT2D eigenvalue weighted by atomic mass is 10.1. The smallest absolute Gasteiger partial charge is 0.317 e. The Morgan fingerprint density at radius 3 is 2.28 bits per heavy atom. The molecule has 1 aromatic heterocycles. The summed E-state index contributed by atoms with van der Waals surface area (Å²) in [6.45, 7) is 2.73. The summed E-state index contributed by atoms with van der Waals surface area (Å²) in [5, 5.41) is 3.49. The van der Waals surface area contributed by atoms with E-state index in [0.717, 1.165) is 11.1 Å². The highest BCUT2D eigenvalue weighted by molar-refractivity contribution is 6.30. The Labute approximate surface area is 211 Å². The topological polar surface area (TPSA) is 91.6 Å². The predicted octanol–water partition coefficient (Wildman–Crippen LogP) is 3.51. The summed E-state index contributed by atoms with van der Waals surface area (Å²) in [5.74, 6) is 0.909. The molecular formula is C27H24ClN3O5. The van der Waals surface area contributed by atoms with Gasteiger partial charge < -0.3 is 14.8 Å². The lowest BCUT2D eigenvalue weighted by molar-refractivity contribution is -0.122. The van der Waals surface area contributed by atoms with Gasteiger partial charge >= 0.3 is 11.1 Å². The number of fused-ring (bicyclic) bond motifs is 2. The van der Waals surface area contributed by atoms with Gasteiger partial charge in [0.05, 0.1) is 23.6 Å². The Morgan fingerprint density at radius 2 is 1.56 bits per heavy atom. The summed E-state index contributed by atoms with van der Waals surface area (Å²) in [4.78, 5) is 39.1. The van der Waals surface area contributed by atoms with Crippen molar-refractivity contribution >= 4 is 28.5 Å². The van der Waals surface area contributed by atoms with E-state index in [2.05, 4.69) is 5.32 Å². The molecule has 5 rings (SSSR count). The molecule has 0 saturated heterocycles. The zero-order valence-electron chi connectivity index (χ0n) is 19.6. The fraction of sp³-hybridized carbons (Fsp3) is 0.222. The predicted molar refractivity (Wildman–Crippen MR) is 137 cm³/mol. The summed E-state index contributed by atoms with van der Waals surface area (Å²) in [6, 6.07) is 19.3. The number of carbonyl (C=O) groups excluding carboxylic acids is 1. The largest absolute Gasteiger partial charge is 0.486 e. The van der Waals surface area contributed by atoms with Crippen molar-refractivity contribution in [1.82, 2.24) is 14.5 Å². The maximum atomic E-state index is 13.1. The van der Waals surface area contributed by atoms with Crippen LogP contribution in [-0.2, 0) is 17.9 Å². The van der Waals surface area contributed by atoms with Gasteiger partial charge in [-0.05, 0) is 54.4 Å². The van der Waals surface area contributed by atoms with Gasteiger partial charge in [0.15, 0.2) is 11.5 Å². The third kappa shape index (κ3) is 4.72. The van der Waals surface area contributed by atoms with Crippen LogP contribution in [0, 0.1) is 0 Å². The number of hydrogen-bond acceptors (Lipinski definition) is 5. The number of halogens is 1. The number of ether oxygens (including phenoxy) is 2. The minimum atomic E-state index is -0.759. The van der Waals surface area contributed by atoms with Crippen LogP contribution in [0.3, 0.4) is 0 Å². The van der Waals surface area contributed by atoms with Gasteiger partial charge in [-0.3, -0.25) is 23.5 Å². The number of nitrogens with zero attached hydrogens (tertiary/aromatic N) is 2. The summed E-state index contributed by atoms with van der Waals surface area (Å²) >= 11 is 5.97. The second-order valence-electron chi connectivity index (χ2n) is 8.59. The van der Waals surface area contributed by atoms with Crippen molar-refractivity contribution in [2.75, 3.05) is 13.2 Å². The van der Waals surface area contributed by atoms with Gasteiger partial charge in [0, 0.05) is 5.02 Å². The number of benzene rings is 3. The van der Waals surface area contributed by atoms with Gasteiger partial charge in [-0.1, -0.05) is 41.9 Å². The SMILES string of the molecule is CC(NC(=O)Cn1c(=O)c(=O)n(Cc2ccc(Cl)cc2)c2ccccc21)c1ccc2c(c1)OCCO2. The number of hydrogen-bond donors (Lipinski definition) is 1. The second kappa shape index (κ2) is 9.91. The van der Waals surface area contributed by atoms with Crippen molar-refractivity contribution in [1.29, 1.82) is 0 Å². The molecule has 0 radical (unpaired) electrons. The van der Waals surface area contributed by atoms with Crippen molar-refractivity contribution in [2.24, 2.45) is 0 Å². The quantitative estimate of drug-likeness (QED) is 0.405. The van der Waals surface area contributed by atoms with Gasteiger partial charge in [-0.25, -0.2) is 0 Å². The van der Waals surface area contributed by atoms with Crippen LogP contribution in [0.5, 0.6) is 11.5 Å². The Balaban J connectivity index is 1.41. The molecule has 36 heavy (non-hydrogen) atoms. The van der Waals surface area contributed by atoms with E-state index in [1.807, 2.05) is 37.3 Å². The summed E-state index contributed by atoms with van der Waals surface area (Å²) in [5.41, 5.74) is 1.27. The van der Waals surface area contributed by atoms with E-state index in [9.17, 15) is 14.4 Å². The average molecular weight is 506 g/mol. The van der Waals surface area contributed by atoms with E-state index < -0.39 is 11.1 Å². The fourth-order valence-corrected chi connectivity index (χ4v) is 4.43. The lowest BCUT2D eigenvalue weighted by Crippen LogP contribution is -2.44. The first kappa shape index (κ1) is 23.7. The molecule has 184 valence electrons. The van der Waals surface area contributed by atoms with Crippen molar-refractivity contribution in [2.45, 2.75) is 26.1 Å². The molecule has 0 saturated carbocycles. The molecule has 1 atom stereocenters. The highest BCUT2D eigenvalue weighted by Crippen LogP contribution is 2.32. The number of nitrogens with one attached hydrogen (secondary N) is 1. The minimum absolute atomic E-state index is 0.208. The molecule has 1 unspecified atom stereocenters. The van der Waals surface area contributed by atoms with E-state index in [4.69, 9.17) is 21.1 Å². The normalized spacial score (nSPS) is 13.4. The molecule has 0 bridgehead atoms. The van der Waals surface area contributed by atoms with E-state index in [1.165, 1.54) is 9.13 Å². The zero-order chi connectivity index (χ0) is 25.2. The molecule has 0 spiro atoms. The molecule has 4 aromatic rings. The summed E-state index contributed by atoms with van der Waals surface area (Å²) in [7, 11) is 0. The van der Waals surface area contributed by atoms with Crippen molar-refractivity contribution in [3.05, 3.63) is 104 Å². The maximum absolute atomic E-state index is 13.1. The van der Waals surface area contributed by atoms with E-state index in [0.29, 0.717) is 40.8 Å². The van der Waals surface area contributed by atoms with Gasteiger partial charge in [-0.15, -0.1) is 0 Å². The Hall–Kier alpha value is -4.04. The first-order valence-electron chi connectivity index (χ1n) is 11.6. The fourth-order valence-electron chi connectivity index (χ4n) is 4.30. The number of rotatable bonds is 6. The van der Waals surface area contributed by atoms with Crippen LogP contribution in [-0.4, -0.2) is 28.3 Å². The average Bonchev–Trinajstić information content (AvgIpc) is 2.90. The third-order valence-corrected chi connectivity index (χ3v) is 6.39. The van der Waals surface area contributed by atoms with E-state index in [-0.39, 0.29) is 25.0 Å². The molecule has 1 amide bonds. The summed E-state index contributed by atoms with van der Waals surface area (Å²) in [6.07, 6.45) is 0. The molecule has 3 aromatic carbocycles. The molecule has 8 nitrogen and oxygen atoms in total. The second-order valence-corrected chi connectivity index (χ2v) is 9.03. The van der Waals surface area contributed by atoms with Crippen molar-refractivity contribution in [3.63, 3.8) is 0 Å². The van der Waals surface area contributed by atoms with Gasteiger partial charge in [-0.2, -0.15) is 0 Å². The lowest BCUT2D eigenvalue weighted by Gasteiger charge is -2.21. The molecule has 9 heteroatoms. The number of aromatic nitrogens is 2. The van der Waals surface area contributed by atoms with Crippen LogP contribution in [0.2, 0.25) is 5.02 Å². The Kier molecular flexibility index (Phi) is 6.52.